The number of ether oxygens (including phenoxy) is 1. The van der Waals surface area contributed by atoms with Gasteiger partial charge in [0.05, 0.1) is 12.6 Å². The second kappa shape index (κ2) is 7.82. The maximum Gasteiger partial charge on any atom is 0.224 e. The summed E-state index contributed by atoms with van der Waals surface area (Å²) in [5, 5.41) is 7.12. The summed E-state index contributed by atoms with van der Waals surface area (Å²) in [5.41, 5.74) is 2.69. The summed E-state index contributed by atoms with van der Waals surface area (Å²) in [5.74, 6) is 2.24. The predicted octanol–water partition coefficient (Wildman–Crippen LogP) is 3.91. The van der Waals surface area contributed by atoms with Crippen LogP contribution in [0.4, 0.5) is 11.5 Å². The number of carbonyl (C=O) groups excluding carboxylic acids is 1. The summed E-state index contributed by atoms with van der Waals surface area (Å²) in [4.78, 5) is 20.7. The zero-order valence-corrected chi connectivity index (χ0v) is 15.2. The average Bonchev–Trinajstić information content (AvgIpc) is 2.66. The summed E-state index contributed by atoms with van der Waals surface area (Å²) in [6, 6.07) is 13.5. The first-order valence-electron chi connectivity index (χ1n) is 8.54. The van der Waals surface area contributed by atoms with Crippen LogP contribution in [0.3, 0.4) is 0 Å². The van der Waals surface area contributed by atoms with E-state index in [-0.39, 0.29) is 5.91 Å². The molecule has 0 unspecified atom stereocenters. The molecule has 134 valence electrons. The number of methoxy groups -OCH3 is 1. The fourth-order valence-corrected chi connectivity index (χ4v) is 2.64. The number of fused-ring (bicyclic) bond motifs is 1. The molecular weight excluding hydrogens is 328 g/mol. The van der Waals surface area contributed by atoms with Crippen LogP contribution < -0.4 is 15.4 Å². The maximum atomic E-state index is 11.7. The molecule has 0 aliphatic heterocycles. The summed E-state index contributed by atoms with van der Waals surface area (Å²) >= 11 is 0. The summed E-state index contributed by atoms with van der Waals surface area (Å²) < 4.78 is 5.18. The second-order valence-electron chi connectivity index (χ2n) is 5.95. The standard InChI is InChI=1S/C20H22N4O2/c1-4-19(25)24-15-7-10-18-17(11-15)20(23-13(2)22-18)21-12-14-5-8-16(26-3)9-6-14/h5-11H,4,12H2,1-3H3,(H,24,25)(H,21,22,23). The molecule has 26 heavy (non-hydrogen) atoms. The molecule has 1 heterocycles. The molecule has 2 aromatic carbocycles. The number of carbonyl (C=O) groups is 1. The summed E-state index contributed by atoms with van der Waals surface area (Å²) in [7, 11) is 1.65. The summed E-state index contributed by atoms with van der Waals surface area (Å²) in [6.45, 7) is 4.32. The van der Waals surface area contributed by atoms with Crippen LogP contribution in [-0.2, 0) is 11.3 Å². The zero-order valence-electron chi connectivity index (χ0n) is 15.2. The average molecular weight is 350 g/mol. The number of nitrogens with one attached hydrogen (secondary N) is 2. The van der Waals surface area contributed by atoms with E-state index in [1.165, 1.54) is 0 Å². The lowest BCUT2D eigenvalue weighted by atomic mass is 10.2. The molecule has 0 aliphatic rings. The van der Waals surface area contributed by atoms with Crippen molar-refractivity contribution in [1.82, 2.24) is 9.97 Å². The maximum absolute atomic E-state index is 11.7. The first-order valence-corrected chi connectivity index (χ1v) is 8.54. The third-order valence-corrected chi connectivity index (χ3v) is 4.03. The predicted molar refractivity (Wildman–Crippen MR) is 104 cm³/mol. The molecule has 0 aliphatic carbocycles. The first-order chi connectivity index (χ1) is 12.6. The lowest BCUT2D eigenvalue weighted by molar-refractivity contribution is -0.115. The van der Waals surface area contributed by atoms with E-state index in [2.05, 4.69) is 20.6 Å². The minimum atomic E-state index is -0.0230. The number of aryl methyl sites for hydroxylation is 1. The Hall–Kier alpha value is -3.15. The van der Waals surface area contributed by atoms with Gasteiger partial charge in [-0.1, -0.05) is 19.1 Å². The normalized spacial score (nSPS) is 10.6. The molecule has 6 heteroatoms. The van der Waals surface area contributed by atoms with Gasteiger partial charge in [0.1, 0.15) is 17.4 Å². The number of amides is 1. The van der Waals surface area contributed by atoms with E-state index >= 15 is 0 Å². The second-order valence-corrected chi connectivity index (χ2v) is 5.95. The monoisotopic (exact) mass is 350 g/mol. The quantitative estimate of drug-likeness (QED) is 0.705. The number of aromatic nitrogens is 2. The van der Waals surface area contributed by atoms with Gasteiger partial charge in [-0.15, -0.1) is 0 Å². The van der Waals surface area contributed by atoms with Gasteiger partial charge in [-0.3, -0.25) is 4.79 Å². The van der Waals surface area contributed by atoms with Crippen LogP contribution in [0.1, 0.15) is 24.7 Å². The van der Waals surface area contributed by atoms with Gasteiger partial charge in [0.25, 0.3) is 0 Å². The van der Waals surface area contributed by atoms with E-state index in [1.54, 1.807) is 7.11 Å². The molecule has 3 rings (SSSR count). The lowest BCUT2D eigenvalue weighted by Crippen LogP contribution is -2.10. The Kier molecular flexibility index (Phi) is 5.31. The van der Waals surface area contributed by atoms with Gasteiger partial charge in [0, 0.05) is 24.0 Å². The molecule has 0 saturated heterocycles. The van der Waals surface area contributed by atoms with Crippen molar-refractivity contribution >= 4 is 28.3 Å². The summed E-state index contributed by atoms with van der Waals surface area (Å²) in [6.07, 6.45) is 0.436. The van der Waals surface area contributed by atoms with Crippen LogP contribution >= 0.6 is 0 Å². The van der Waals surface area contributed by atoms with Crippen molar-refractivity contribution in [2.24, 2.45) is 0 Å². The van der Waals surface area contributed by atoms with E-state index in [0.717, 1.165) is 33.7 Å². The van der Waals surface area contributed by atoms with Gasteiger partial charge >= 0.3 is 0 Å². The molecule has 0 fully saturated rings. The van der Waals surface area contributed by atoms with Crippen LogP contribution in [0, 0.1) is 6.92 Å². The van der Waals surface area contributed by atoms with E-state index in [4.69, 9.17) is 4.74 Å². The number of nitrogens with zero attached hydrogens (tertiary/aromatic N) is 2. The molecule has 0 atom stereocenters. The van der Waals surface area contributed by atoms with Crippen molar-refractivity contribution in [2.75, 3.05) is 17.7 Å². The van der Waals surface area contributed by atoms with Crippen LogP contribution in [-0.4, -0.2) is 23.0 Å². The van der Waals surface area contributed by atoms with E-state index in [1.807, 2.05) is 56.3 Å². The highest BCUT2D eigenvalue weighted by atomic mass is 16.5. The fourth-order valence-electron chi connectivity index (χ4n) is 2.64. The van der Waals surface area contributed by atoms with Gasteiger partial charge in [0.15, 0.2) is 0 Å². The molecule has 0 saturated carbocycles. The van der Waals surface area contributed by atoms with Gasteiger partial charge in [-0.2, -0.15) is 0 Å². The Labute approximate surface area is 152 Å². The minimum Gasteiger partial charge on any atom is -0.497 e. The smallest absolute Gasteiger partial charge is 0.224 e. The van der Waals surface area contributed by atoms with Gasteiger partial charge in [-0.25, -0.2) is 9.97 Å². The van der Waals surface area contributed by atoms with Crippen molar-refractivity contribution in [3.63, 3.8) is 0 Å². The Morgan fingerprint density at radius 3 is 2.58 bits per heavy atom. The third kappa shape index (κ3) is 4.08. The SMILES string of the molecule is CCC(=O)Nc1ccc2nc(C)nc(NCc3ccc(OC)cc3)c2c1. The Morgan fingerprint density at radius 2 is 1.88 bits per heavy atom. The number of hydrogen-bond donors (Lipinski definition) is 2. The highest BCUT2D eigenvalue weighted by molar-refractivity contribution is 5.96. The van der Waals surface area contributed by atoms with E-state index in [9.17, 15) is 4.79 Å². The third-order valence-electron chi connectivity index (χ3n) is 4.03. The molecule has 6 nitrogen and oxygen atoms in total. The van der Waals surface area contributed by atoms with Crippen molar-refractivity contribution in [2.45, 2.75) is 26.8 Å². The van der Waals surface area contributed by atoms with Gasteiger partial charge < -0.3 is 15.4 Å². The van der Waals surface area contributed by atoms with Crippen LogP contribution in [0.15, 0.2) is 42.5 Å². The Morgan fingerprint density at radius 1 is 1.12 bits per heavy atom. The Balaban J connectivity index is 1.87. The first kappa shape index (κ1) is 17.7. The number of benzene rings is 2. The number of hydrogen-bond acceptors (Lipinski definition) is 5. The molecule has 1 amide bonds. The lowest BCUT2D eigenvalue weighted by Gasteiger charge is -2.12. The molecule has 1 aromatic heterocycles. The van der Waals surface area contributed by atoms with Gasteiger partial charge in [0.2, 0.25) is 5.91 Å². The molecule has 3 aromatic rings. The van der Waals surface area contributed by atoms with Crippen LogP contribution in [0.2, 0.25) is 0 Å². The van der Waals surface area contributed by atoms with Crippen molar-refractivity contribution in [3.8, 4) is 5.75 Å². The number of anilines is 2. The van der Waals surface area contributed by atoms with Crippen molar-refractivity contribution < 1.29 is 9.53 Å². The minimum absolute atomic E-state index is 0.0230. The van der Waals surface area contributed by atoms with Crippen molar-refractivity contribution in [3.05, 3.63) is 53.9 Å². The number of rotatable bonds is 6. The van der Waals surface area contributed by atoms with E-state index < -0.39 is 0 Å². The van der Waals surface area contributed by atoms with Gasteiger partial charge in [-0.05, 0) is 42.8 Å². The highest BCUT2D eigenvalue weighted by Gasteiger charge is 2.08. The largest absolute Gasteiger partial charge is 0.497 e. The topological polar surface area (TPSA) is 76.1 Å². The zero-order chi connectivity index (χ0) is 18.5. The molecule has 2 N–H and O–H groups in total. The molecule has 0 spiro atoms. The van der Waals surface area contributed by atoms with Crippen molar-refractivity contribution in [1.29, 1.82) is 0 Å². The molecule has 0 radical (unpaired) electrons. The van der Waals surface area contributed by atoms with E-state index in [0.29, 0.717) is 18.8 Å². The molecule has 0 bridgehead atoms. The fraction of sp³-hybridized carbons (Fsp3) is 0.250. The highest BCUT2D eigenvalue weighted by Crippen LogP contribution is 2.25. The van der Waals surface area contributed by atoms with Crippen LogP contribution in [0.5, 0.6) is 5.75 Å². The Bertz CT molecular complexity index is 923. The molecular formula is C20H22N4O2. The van der Waals surface area contributed by atoms with Crippen LogP contribution in [0.25, 0.3) is 10.9 Å².